The van der Waals surface area contributed by atoms with Gasteiger partial charge in [0.15, 0.2) is 0 Å². The molecule has 1 amide bonds. The predicted molar refractivity (Wildman–Crippen MR) is 99.4 cm³/mol. The van der Waals surface area contributed by atoms with Crippen LogP contribution in [0.1, 0.15) is 35.2 Å². The van der Waals surface area contributed by atoms with Gasteiger partial charge in [0.2, 0.25) is 0 Å². The Bertz CT molecular complexity index is 925. The summed E-state index contributed by atoms with van der Waals surface area (Å²) in [6.45, 7) is 2.43. The van der Waals surface area contributed by atoms with Crippen molar-refractivity contribution in [2.45, 2.75) is 31.8 Å². The lowest BCUT2D eigenvalue weighted by molar-refractivity contribution is 0.0689. The van der Waals surface area contributed by atoms with E-state index in [2.05, 4.69) is 10.3 Å². The molecule has 2 aliphatic rings. The fourth-order valence-corrected chi connectivity index (χ4v) is 4.66. The number of amides is 1. The zero-order valence-electron chi connectivity index (χ0n) is 14.7. The van der Waals surface area contributed by atoms with Gasteiger partial charge >= 0.3 is 5.69 Å². The first-order valence-electron chi connectivity index (χ1n) is 8.83. The van der Waals surface area contributed by atoms with Crippen molar-refractivity contribution in [3.8, 4) is 0 Å². The number of aromatic amines is 1. The van der Waals surface area contributed by atoms with Crippen LogP contribution in [0.3, 0.4) is 0 Å². The largest absolute Gasteiger partial charge is 0.331 e. The van der Waals surface area contributed by atoms with E-state index < -0.39 is 11.2 Å². The van der Waals surface area contributed by atoms with E-state index in [1.165, 1.54) is 13.2 Å². The molecule has 2 aromatic heterocycles. The summed E-state index contributed by atoms with van der Waals surface area (Å²) in [6.07, 6.45) is 4.34. The molecule has 3 heterocycles. The lowest BCUT2D eigenvalue weighted by Crippen LogP contribution is -2.43. The molecule has 1 saturated carbocycles. The van der Waals surface area contributed by atoms with Crippen LogP contribution in [0.2, 0.25) is 0 Å². The van der Waals surface area contributed by atoms with Crippen LogP contribution in [0, 0.1) is 5.41 Å². The Hall–Kier alpha value is -2.19. The van der Waals surface area contributed by atoms with E-state index >= 15 is 0 Å². The van der Waals surface area contributed by atoms with Crippen molar-refractivity contribution in [3.05, 3.63) is 55.0 Å². The molecule has 2 fully saturated rings. The molecule has 7 nitrogen and oxygen atoms in total. The van der Waals surface area contributed by atoms with Gasteiger partial charge in [-0.1, -0.05) is 0 Å². The highest BCUT2D eigenvalue weighted by Gasteiger charge is 2.57. The average Bonchev–Trinajstić information content (AvgIpc) is 3.07. The monoisotopic (exact) mass is 374 g/mol. The fraction of sp³-hybridized carbons (Fsp3) is 0.500. The Morgan fingerprint density at radius 2 is 2.15 bits per heavy atom. The molecular weight excluding hydrogens is 352 g/mol. The third kappa shape index (κ3) is 2.93. The number of hydrogen-bond acceptors (Lipinski definition) is 5. The maximum Gasteiger partial charge on any atom is 0.328 e. The van der Waals surface area contributed by atoms with Crippen molar-refractivity contribution in [3.63, 3.8) is 0 Å². The van der Waals surface area contributed by atoms with Gasteiger partial charge in [0.1, 0.15) is 5.56 Å². The Balaban J connectivity index is 1.67. The van der Waals surface area contributed by atoms with E-state index in [0.717, 1.165) is 42.5 Å². The van der Waals surface area contributed by atoms with Gasteiger partial charge in [-0.25, -0.2) is 4.79 Å². The molecule has 8 heteroatoms. The summed E-state index contributed by atoms with van der Waals surface area (Å²) >= 11 is 1.59. The summed E-state index contributed by atoms with van der Waals surface area (Å²) in [5.74, 6) is -0.298. The molecule has 26 heavy (non-hydrogen) atoms. The second-order valence-corrected chi connectivity index (χ2v) is 8.05. The maximum absolute atomic E-state index is 13.2. The van der Waals surface area contributed by atoms with Crippen molar-refractivity contribution >= 4 is 17.2 Å². The molecule has 0 radical (unpaired) electrons. The third-order valence-corrected chi connectivity index (χ3v) is 6.46. The van der Waals surface area contributed by atoms with Crippen molar-refractivity contribution in [2.24, 2.45) is 12.5 Å². The number of aromatic nitrogens is 2. The van der Waals surface area contributed by atoms with Crippen molar-refractivity contribution < 1.29 is 4.79 Å². The van der Waals surface area contributed by atoms with Crippen molar-refractivity contribution in [2.75, 3.05) is 13.1 Å². The number of carbonyl (C=O) groups is 1. The number of thiophene rings is 1. The van der Waals surface area contributed by atoms with Gasteiger partial charge in [0.25, 0.3) is 11.5 Å². The summed E-state index contributed by atoms with van der Waals surface area (Å²) < 4.78 is 0.948. The Morgan fingerprint density at radius 1 is 1.38 bits per heavy atom. The van der Waals surface area contributed by atoms with Gasteiger partial charge in [-0.05, 0) is 60.2 Å². The normalized spacial score (nSPS) is 20.9. The molecule has 2 aromatic rings. The summed E-state index contributed by atoms with van der Waals surface area (Å²) in [7, 11) is 1.38. The number of carbonyl (C=O) groups excluding carboxylic acids is 1. The van der Waals surface area contributed by atoms with Gasteiger partial charge < -0.3 is 15.2 Å². The molecule has 2 N–H and O–H groups in total. The number of hydrogen-bond donors (Lipinski definition) is 2. The molecule has 0 bridgehead atoms. The van der Waals surface area contributed by atoms with Crippen LogP contribution in [0.4, 0.5) is 0 Å². The van der Waals surface area contributed by atoms with Crippen molar-refractivity contribution in [1.29, 1.82) is 0 Å². The maximum atomic E-state index is 13.2. The Labute approximate surface area is 154 Å². The molecule has 1 unspecified atom stereocenters. The minimum absolute atomic E-state index is 0.0262. The van der Waals surface area contributed by atoms with Crippen LogP contribution in [0.5, 0.6) is 0 Å². The zero-order valence-corrected chi connectivity index (χ0v) is 15.5. The lowest BCUT2D eigenvalue weighted by Gasteiger charge is -2.29. The van der Waals surface area contributed by atoms with Crippen molar-refractivity contribution in [1.82, 2.24) is 19.8 Å². The molecular formula is C18H22N4O3S. The van der Waals surface area contributed by atoms with Crippen LogP contribution in [0.25, 0.3) is 0 Å². The third-order valence-electron chi connectivity index (χ3n) is 5.73. The lowest BCUT2D eigenvalue weighted by atomic mass is 9.93. The highest BCUT2D eigenvalue weighted by Crippen LogP contribution is 2.56. The number of H-pyrrole nitrogens is 1. The topological polar surface area (TPSA) is 87.2 Å². The predicted octanol–water partition coefficient (Wildman–Crippen LogP) is 0.920. The summed E-state index contributed by atoms with van der Waals surface area (Å²) in [5.41, 5.74) is 0.204. The number of nitrogens with one attached hydrogen (secondary N) is 2. The van der Waals surface area contributed by atoms with Crippen LogP contribution in [0.15, 0.2) is 32.6 Å². The molecule has 1 saturated heterocycles. The van der Waals surface area contributed by atoms with Gasteiger partial charge in [0, 0.05) is 25.8 Å². The van der Waals surface area contributed by atoms with Gasteiger partial charge in [-0.2, -0.15) is 11.3 Å². The van der Waals surface area contributed by atoms with Gasteiger partial charge in [-0.15, -0.1) is 0 Å². The molecule has 1 atom stereocenters. The van der Waals surface area contributed by atoms with Crippen LogP contribution < -0.4 is 16.6 Å². The zero-order chi connectivity index (χ0) is 18.3. The summed E-state index contributed by atoms with van der Waals surface area (Å²) in [4.78, 5) is 41.6. The number of rotatable bonds is 4. The average molecular weight is 374 g/mol. The first-order chi connectivity index (χ1) is 12.5. The van der Waals surface area contributed by atoms with E-state index in [-0.39, 0.29) is 22.9 Å². The fourth-order valence-electron chi connectivity index (χ4n) is 4.01. The SMILES string of the molecule is Cn1c(=O)[nH]cc(C(=O)N(Cc2ccsc2)C2CC23CCNCC3)c1=O. The van der Waals surface area contributed by atoms with E-state index in [9.17, 15) is 14.4 Å². The second-order valence-electron chi connectivity index (χ2n) is 7.27. The second kappa shape index (κ2) is 6.51. The molecule has 0 aromatic carbocycles. The minimum Gasteiger partial charge on any atom is -0.331 e. The smallest absolute Gasteiger partial charge is 0.328 e. The summed E-state index contributed by atoms with van der Waals surface area (Å²) in [6, 6.07) is 2.15. The quantitative estimate of drug-likeness (QED) is 0.833. The van der Waals surface area contributed by atoms with Crippen LogP contribution >= 0.6 is 11.3 Å². The van der Waals surface area contributed by atoms with Gasteiger partial charge in [-0.3, -0.25) is 14.2 Å². The Kier molecular flexibility index (Phi) is 4.32. The first-order valence-corrected chi connectivity index (χ1v) is 9.78. The number of piperidine rings is 1. The van der Waals surface area contributed by atoms with Crippen LogP contribution in [-0.2, 0) is 13.6 Å². The molecule has 1 aliphatic carbocycles. The standard InChI is InChI=1S/C18H22N4O3S/c1-21-15(23)13(9-20-17(21)25)16(24)22(10-12-2-7-26-11-12)14-8-18(14)3-5-19-6-4-18/h2,7,9,11,14,19H,3-6,8,10H2,1H3,(H,20,25). The molecule has 1 spiro atoms. The van der Waals surface area contributed by atoms with E-state index in [4.69, 9.17) is 0 Å². The van der Waals surface area contributed by atoms with Crippen LogP contribution in [-0.4, -0.2) is 39.5 Å². The molecule has 4 rings (SSSR count). The van der Waals surface area contributed by atoms with E-state index in [1.807, 2.05) is 21.7 Å². The molecule has 138 valence electrons. The highest BCUT2D eigenvalue weighted by atomic mass is 32.1. The first kappa shape index (κ1) is 17.2. The highest BCUT2D eigenvalue weighted by molar-refractivity contribution is 7.07. The molecule has 1 aliphatic heterocycles. The number of nitrogens with zero attached hydrogens (tertiary/aromatic N) is 2. The van der Waals surface area contributed by atoms with E-state index in [1.54, 1.807) is 11.3 Å². The van der Waals surface area contributed by atoms with Gasteiger partial charge in [0.05, 0.1) is 0 Å². The summed E-state index contributed by atoms with van der Waals surface area (Å²) in [5, 5.41) is 7.40. The Morgan fingerprint density at radius 3 is 2.85 bits per heavy atom. The van der Waals surface area contributed by atoms with E-state index in [0.29, 0.717) is 6.54 Å². The minimum atomic E-state index is -0.547.